The number of carbonyl (C=O) groups excluding carboxylic acids is 8. The number of carbonyl (C=O) groups is 8. The number of rotatable bonds is 9. The van der Waals surface area contributed by atoms with Crippen LogP contribution in [0.15, 0.2) is 73.2 Å². The van der Waals surface area contributed by atoms with E-state index < -0.39 is 138 Å². The molecule has 67 heavy (non-hydrogen) atoms. The van der Waals surface area contributed by atoms with Gasteiger partial charge in [0, 0.05) is 52.2 Å². The van der Waals surface area contributed by atoms with E-state index in [0.29, 0.717) is 0 Å². The second-order valence-corrected chi connectivity index (χ2v) is 17.5. The maximum atomic E-state index is 14.8. The van der Waals surface area contributed by atoms with Crippen LogP contribution < -0.4 is 0 Å². The van der Waals surface area contributed by atoms with Crippen LogP contribution in [0.5, 0.6) is 0 Å². The number of pyridine rings is 2. The predicted molar refractivity (Wildman–Crippen MR) is 223 cm³/mol. The topological polar surface area (TPSA) is 266 Å². The molecular weight excluding hydrogens is 881 g/mol. The smallest absolute Gasteiger partial charge is 0.340 e. The van der Waals surface area contributed by atoms with E-state index in [4.69, 9.17) is 42.6 Å². The summed E-state index contributed by atoms with van der Waals surface area (Å²) in [6, 6.07) is 13.2. The first-order chi connectivity index (χ1) is 31.6. The zero-order valence-electron chi connectivity index (χ0n) is 37.8. The normalized spacial score (nSPS) is 34.1. The quantitative estimate of drug-likeness (QED) is 0.239. The second-order valence-electron chi connectivity index (χ2n) is 17.5. The number of aliphatic hydroxyl groups is 1. The molecule has 2 saturated carbocycles. The molecular formula is C47H50N2O18. The number of fused-ring (bicyclic) bond motifs is 5. The molecule has 1 saturated heterocycles. The summed E-state index contributed by atoms with van der Waals surface area (Å²) in [5, 5.41) is 13.9. The highest BCUT2D eigenvalue weighted by Gasteiger charge is 2.92. The molecule has 20 heteroatoms. The molecule has 1 aromatic carbocycles. The number of hydrogen-bond acceptors (Lipinski definition) is 20. The summed E-state index contributed by atoms with van der Waals surface area (Å²) >= 11 is 0. The van der Waals surface area contributed by atoms with Crippen molar-refractivity contribution >= 4 is 47.8 Å². The minimum atomic E-state index is -2.94. The lowest BCUT2D eigenvalue weighted by molar-refractivity contribution is -0.385. The first-order valence-electron chi connectivity index (χ1n) is 21.4. The van der Waals surface area contributed by atoms with Gasteiger partial charge in [-0.05, 0) is 50.2 Å². The van der Waals surface area contributed by atoms with Gasteiger partial charge in [-0.15, -0.1) is 0 Å². The van der Waals surface area contributed by atoms with E-state index in [0.717, 1.165) is 40.8 Å². The van der Waals surface area contributed by atoms with Gasteiger partial charge in [0.1, 0.15) is 42.0 Å². The van der Waals surface area contributed by atoms with Crippen LogP contribution in [-0.2, 0) is 66.6 Å². The van der Waals surface area contributed by atoms with Crippen LogP contribution in [0.1, 0.15) is 98.1 Å². The van der Waals surface area contributed by atoms with E-state index >= 15 is 0 Å². The standard InChI is InChI=1S/C47H50N2O18/c1-23-24(2)40(54)66-37-35(64-42(56)30-16-12-18-48-20-30)39(63-28(6)53)46(22-59-25(3)50)38(62-27(5)52)34(61-26(4)51)32-36(65-41(55)29-14-10-9-11-15-29)47(46,45(37,8)58)67-44(32,7)21-60-43(57)31-17-13-19-49-33(23)31/h9-20,23-24,32,34-39,58H,21-22H2,1-8H3/t23?,24?,32-,34-,35+,36-,37+,38-,39+,44+,45+,46-,47+/m1/s1. The highest BCUT2D eigenvalue weighted by molar-refractivity contribution is 5.92. The van der Waals surface area contributed by atoms with Crippen LogP contribution in [0.25, 0.3) is 0 Å². The average Bonchev–Trinajstić information content (AvgIpc) is 3.51. The van der Waals surface area contributed by atoms with Gasteiger partial charge in [0.25, 0.3) is 0 Å². The minimum absolute atomic E-state index is 0.0424. The molecule has 4 bridgehead atoms. The van der Waals surface area contributed by atoms with Crippen molar-refractivity contribution in [1.29, 1.82) is 0 Å². The predicted octanol–water partition coefficient (Wildman–Crippen LogP) is 3.02. The van der Waals surface area contributed by atoms with Gasteiger partial charge in [-0.25, -0.2) is 14.4 Å². The second kappa shape index (κ2) is 18.1. The lowest BCUT2D eigenvalue weighted by atomic mass is 9.45. The highest BCUT2D eigenvalue weighted by Crippen LogP contribution is 2.70. The van der Waals surface area contributed by atoms with Crippen molar-refractivity contribution in [1.82, 2.24) is 9.97 Å². The summed E-state index contributed by atoms with van der Waals surface area (Å²) in [4.78, 5) is 120. The summed E-state index contributed by atoms with van der Waals surface area (Å²) in [7, 11) is 0. The largest absolute Gasteiger partial charge is 0.465 e. The van der Waals surface area contributed by atoms with Crippen LogP contribution in [0, 0.1) is 17.3 Å². The van der Waals surface area contributed by atoms with Crippen molar-refractivity contribution in [3.63, 3.8) is 0 Å². The van der Waals surface area contributed by atoms with Gasteiger partial charge in [-0.3, -0.25) is 33.9 Å². The summed E-state index contributed by atoms with van der Waals surface area (Å²) in [5.41, 5.74) is -10.8. The fourth-order valence-corrected chi connectivity index (χ4v) is 10.3. The Hall–Kier alpha value is -6.80. The molecule has 13 atom stereocenters. The molecule has 0 radical (unpaired) electrons. The Morgan fingerprint density at radius 2 is 1.33 bits per heavy atom. The van der Waals surface area contributed by atoms with Crippen LogP contribution in [0.3, 0.4) is 0 Å². The number of esters is 8. The Bertz CT molecular complexity index is 2460. The summed E-state index contributed by atoms with van der Waals surface area (Å²) in [6.07, 6.45) is -8.69. The van der Waals surface area contributed by atoms with Crippen LogP contribution >= 0.6 is 0 Å². The number of cyclic esters (lactones) is 1. The van der Waals surface area contributed by atoms with Gasteiger partial charge in [0.2, 0.25) is 0 Å². The SMILES string of the molecule is CC(=O)OC[C@]12[C@H](OC(C)=O)[C@H](OC(C)=O)[C@@H]3[C@@H](OC(=O)c4ccccc4)[C@@]14O[C@@]3(C)COC(=O)c1cccnc1C(C)C(C)C(=O)O[C@@H]([C@H](OC(=O)c1cccnc1)[C@@H]2OC(C)=O)[C@]4(C)O. The number of ether oxygens (including phenoxy) is 9. The van der Waals surface area contributed by atoms with Crippen LogP contribution in [0.2, 0.25) is 0 Å². The Morgan fingerprint density at radius 3 is 1.94 bits per heavy atom. The molecule has 0 amide bonds. The Kier molecular flexibility index (Phi) is 13.0. The molecule has 2 aromatic heterocycles. The summed E-state index contributed by atoms with van der Waals surface area (Å²) in [5.74, 6) is -12.2. The molecule has 4 heterocycles. The first-order valence-corrected chi connectivity index (χ1v) is 21.4. The van der Waals surface area contributed by atoms with E-state index in [1.54, 1.807) is 13.0 Å². The summed E-state index contributed by atoms with van der Waals surface area (Å²) in [6.45, 7) is 7.58. The molecule has 1 spiro atoms. The van der Waals surface area contributed by atoms with Gasteiger partial charge < -0.3 is 47.7 Å². The third kappa shape index (κ3) is 8.15. The van der Waals surface area contributed by atoms with Crippen molar-refractivity contribution in [2.45, 2.75) is 115 Å². The zero-order chi connectivity index (χ0) is 48.8. The Labute approximate surface area is 383 Å². The molecule has 3 fully saturated rings. The molecule has 7 rings (SSSR count). The Balaban J connectivity index is 1.64. The van der Waals surface area contributed by atoms with E-state index in [1.807, 2.05) is 0 Å². The lowest BCUT2D eigenvalue weighted by Crippen LogP contribution is -2.89. The molecule has 2 unspecified atom stereocenters. The van der Waals surface area contributed by atoms with E-state index in [2.05, 4.69) is 9.97 Å². The van der Waals surface area contributed by atoms with Gasteiger partial charge in [-0.2, -0.15) is 0 Å². The Morgan fingerprint density at radius 1 is 0.716 bits per heavy atom. The number of hydrogen-bond donors (Lipinski definition) is 1. The van der Waals surface area contributed by atoms with Gasteiger partial charge in [0.05, 0.1) is 34.2 Å². The minimum Gasteiger partial charge on any atom is -0.465 e. The van der Waals surface area contributed by atoms with E-state index in [1.165, 1.54) is 74.8 Å². The van der Waals surface area contributed by atoms with Gasteiger partial charge in [-0.1, -0.05) is 32.0 Å². The fourth-order valence-electron chi connectivity index (χ4n) is 10.3. The molecule has 3 aromatic rings. The number of aromatic nitrogens is 2. The van der Waals surface area contributed by atoms with E-state index in [9.17, 15) is 43.5 Å². The first kappa shape index (κ1) is 48.1. The van der Waals surface area contributed by atoms with Gasteiger partial charge >= 0.3 is 47.8 Å². The summed E-state index contributed by atoms with van der Waals surface area (Å²) < 4.78 is 56.4. The average molecular weight is 931 g/mol. The van der Waals surface area contributed by atoms with Crippen molar-refractivity contribution in [2.24, 2.45) is 17.3 Å². The van der Waals surface area contributed by atoms with E-state index in [-0.39, 0.29) is 22.4 Å². The maximum Gasteiger partial charge on any atom is 0.340 e. The molecule has 2 aliphatic carbocycles. The molecule has 4 aliphatic rings. The number of benzene rings is 1. The molecule has 356 valence electrons. The van der Waals surface area contributed by atoms with Crippen molar-refractivity contribution in [3.8, 4) is 0 Å². The van der Waals surface area contributed by atoms with Crippen LogP contribution in [-0.4, -0.2) is 129 Å². The molecule has 20 nitrogen and oxygen atoms in total. The fraction of sp³-hybridized carbons (Fsp3) is 0.489. The molecule has 1 N–H and O–H groups in total. The van der Waals surface area contributed by atoms with Crippen molar-refractivity contribution in [3.05, 3.63) is 95.6 Å². The van der Waals surface area contributed by atoms with Crippen molar-refractivity contribution < 1.29 is 86.1 Å². The lowest BCUT2D eigenvalue weighted by Gasteiger charge is -2.67. The van der Waals surface area contributed by atoms with Gasteiger partial charge in [0.15, 0.2) is 30.0 Å². The van der Waals surface area contributed by atoms with Crippen LogP contribution in [0.4, 0.5) is 0 Å². The maximum absolute atomic E-state index is 14.8. The van der Waals surface area contributed by atoms with Crippen molar-refractivity contribution in [2.75, 3.05) is 13.2 Å². The monoisotopic (exact) mass is 930 g/mol. The third-order valence-electron chi connectivity index (χ3n) is 13.2. The zero-order valence-corrected chi connectivity index (χ0v) is 37.8. The number of nitrogens with zero attached hydrogens (tertiary/aromatic N) is 2. The molecule has 2 aliphatic heterocycles. The third-order valence-corrected chi connectivity index (χ3v) is 13.2. The highest BCUT2D eigenvalue weighted by atomic mass is 16.7.